The van der Waals surface area contributed by atoms with E-state index in [4.69, 9.17) is 4.42 Å². The number of hydrogen-bond acceptors (Lipinski definition) is 4. The molecule has 0 bridgehead atoms. The van der Waals surface area contributed by atoms with E-state index in [9.17, 15) is 9.59 Å². The Bertz CT molecular complexity index is 1190. The normalized spacial score (nSPS) is 10.8. The van der Waals surface area contributed by atoms with E-state index < -0.39 is 0 Å². The van der Waals surface area contributed by atoms with Crippen molar-refractivity contribution in [3.63, 3.8) is 0 Å². The molecule has 7 heteroatoms. The summed E-state index contributed by atoms with van der Waals surface area (Å²) in [6, 6.07) is 17.0. The monoisotopic (exact) mass is 388 g/mol. The molecule has 0 saturated heterocycles. The van der Waals surface area contributed by atoms with E-state index in [0.717, 1.165) is 16.7 Å². The molecular weight excluding hydrogens is 368 g/mol. The molecule has 0 atom stereocenters. The fourth-order valence-electron chi connectivity index (χ4n) is 3.19. The zero-order valence-corrected chi connectivity index (χ0v) is 16.1. The van der Waals surface area contributed by atoms with Crippen molar-refractivity contribution in [2.75, 3.05) is 11.9 Å². The van der Waals surface area contributed by atoms with Crippen LogP contribution in [-0.4, -0.2) is 27.9 Å². The lowest BCUT2D eigenvalue weighted by molar-refractivity contribution is -0.115. The molecule has 0 aliphatic carbocycles. The van der Waals surface area contributed by atoms with Gasteiger partial charge < -0.3 is 15.1 Å². The van der Waals surface area contributed by atoms with Crippen LogP contribution in [0, 0.1) is 13.8 Å². The van der Waals surface area contributed by atoms with Gasteiger partial charge in [-0.25, -0.2) is 4.98 Å². The van der Waals surface area contributed by atoms with Crippen molar-refractivity contribution in [3.8, 4) is 5.69 Å². The predicted molar refractivity (Wildman–Crippen MR) is 110 cm³/mol. The summed E-state index contributed by atoms with van der Waals surface area (Å²) in [7, 11) is 0. The van der Waals surface area contributed by atoms with Gasteiger partial charge in [0.05, 0.1) is 23.1 Å². The van der Waals surface area contributed by atoms with Gasteiger partial charge in [0.15, 0.2) is 0 Å². The number of hydrogen-bond donors (Lipinski definition) is 2. The van der Waals surface area contributed by atoms with Crippen molar-refractivity contribution in [1.82, 2.24) is 14.9 Å². The highest BCUT2D eigenvalue weighted by molar-refractivity contribution is 5.99. The van der Waals surface area contributed by atoms with Crippen molar-refractivity contribution in [2.24, 2.45) is 0 Å². The summed E-state index contributed by atoms with van der Waals surface area (Å²) in [6.45, 7) is 3.36. The van der Waals surface area contributed by atoms with Crippen molar-refractivity contribution in [2.45, 2.75) is 13.8 Å². The van der Waals surface area contributed by atoms with Crippen molar-refractivity contribution >= 4 is 28.5 Å². The predicted octanol–water partition coefficient (Wildman–Crippen LogP) is 3.60. The second-order valence-electron chi connectivity index (χ2n) is 6.71. The Balaban J connectivity index is 1.38. The number of aryl methyl sites for hydroxylation is 2. The third kappa shape index (κ3) is 3.89. The van der Waals surface area contributed by atoms with Crippen LogP contribution in [0.4, 0.5) is 5.69 Å². The molecule has 0 aliphatic rings. The van der Waals surface area contributed by atoms with Gasteiger partial charge in [0, 0.05) is 11.4 Å². The summed E-state index contributed by atoms with van der Waals surface area (Å²) in [6.07, 6.45) is 1.77. The fraction of sp³-hybridized carbons (Fsp3) is 0.136. The SMILES string of the molecule is Cc1cc(C(=O)NCC(=O)Nc2ccc(-n3cnc4ccccc43)cc2)c(C)o1. The maximum absolute atomic E-state index is 12.2. The Hall–Kier alpha value is -3.87. The molecule has 0 unspecified atom stereocenters. The first-order chi connectivity index (χ1) is 14.0. The summed E-state index contributed by atoms with van der Waals surface area (Å²) in [5, 5.41) is 5.38. The molecule has 2 aromatic carbocycles. The van der Waals surface area contributed by atoms with E-state index in [-0.39, 0.29) is 18.4 Å². The van der Waals surface area contributed by atoms with Gasteiger partial charge in [-0.05, 0) is 56.3 Å². The maximum atomic E-state index is 12.2. The van der Waals surface area contributed by atoms with Crippen molar-refractivity contribution in [3.05, 3.63) is 78.0 Å². The number of nitrogens with zero attached hydrogens (tertiary/aromatic N) is 2. The summed E-state index contributed by atoms with van der Waals surface area (Å²) < 4.78 is 7.32. The highest BCUT2D eigenvalue weighted by Crippen LogP contribution is 2.19. The lowest BCUT2D eigenvalue weighted by Gasteiger charge is -2.09. The van der Waals surface area contributed by atoms with Gasteiger partial charge in [-0.15, -0.1) is 0 Å². The average Bonchev–Trinajstić information content (AvgIpc) is 3.29. The molecule has 4 rings (SSSR count). The number of carbonyl (C=O) groups excluding carboxylic acids is 2. The number of fused-ring (bicyclic) bond motifs is 1. The number of furan rings is 1. The molecule has 0 saturated carbocycles. The summed E-state index contributed by atoms with van der Waals surface area (Å²) in [4.78, 5) is 28.7. The Labute approximate surface area is 167 Å². The van der Waals surface area contributed by atoms with Crippen LogP contribution in [-0.2, 0) is 4.79 Å². The Morgan fingerprint density at radius 2 is 1.83 bits per heavy atom. The van der Waals surface area contributed by atoms with Gasteiger partial charge in [0.2, 0.25) is 5.91 Å². The molecule has 0 radical (unpaired) electrons. The van der Waals surface area contributed by atoms with Crippen LogP contribution in [0.25, 0.3) is 16.7 Å². The average molecular weight is 388 g/mol. The lowest BCUT2D eigenvalue weighted by Crippen LogP contribution is -2.32. The minimum absolute atomic E-state index is 0.129. The molecule has 4 aromatic rings. The van der Waals surface area contributed by atoms with Crippen LogP contribution >= 0.6 is 0 Å². The number of rotatable bonds is 5. The lowest BCUT2D eigenvalue weighted by atomic mass is 10.2. The zero-order chi connectivity index (χ0) is 20.4. The minimum Gasteiger partial charge on any atom is -0.466 e. The van der Waals surface area contributed by atoms with Crippen LogP contribution < -0.4 is 10.6 Å². The summed E-state index contributed by atoms with van der Waals surface area (Å²) >= 11 is 0. The van der Waals surface area contributed by atoms with E-state index in [1.165, 1.54) is 0 Å². The fourth-order valence-corrected chi connectivity index (χ4v) is 3.19. The third-order valence-electron chi connectivity index (χ3n) is 4.58. The molecule has 2 aromatic heterocycles. The number of para-hydroxylation sites is 2. The van der Waals surface area contributed by atoms with Crippen LogP contribution in [0.15, 0.2) is 65.3 Å². The largest absolute Gasteiger partial charge is 0.466 e. The van der Waals surface area contributed by atoms with Crippen molar-refractivity contribution in [1.29, 1.82) is 0 Å². The van der Waals surface area contributed by atoms with Crippen LogP contribution in [0.1, 0.15) is 21.9 Å². The Morgan fingerprint density at radius 3 is 2.55 bits per heavy atom. The number of imidazole rings is 1. The van der Waals surface area contributed by atoms with E-state index in [0.29, 0.717) is 22.8 Å². The first kappa shape index (κ1) is 18.5. The number of aromatic nitrogens is 2. The van der Waals surface area contributed by atoms with E-state index in [2.05, 4.69) is 15.6 Å². The molecule has 2 amide bonds. The maximum Gasteiger partial charge on any atom is 0.255 e. The van der Waals surface area contributed by atoms with Crippen molar-refractivity contribution < 1.29 is 14.0 Å². The van der Waals surface area contributed by atoms with Gasteiger partial charge in [0.25, 0.3) is 5.91 Å². The second-order valence-corrected chi connectivity index (χ2v) is 6.71. The minimum atomic E-state index is -0.336. The molecule has 0 fully saturated rings. The van der Waals surface area contributed by atoms with Gasteiger partial charge >= 0.3 is 0 Å². The van der Waals surface area contributed by atoms with E-state index in [1.807, 2.05) is 53.1 Å². The van der Waals surface area contributed by atoms with E-state index in [1.54, 1.807) is 26.2 Å². The number of amides is 2. The smallest absolute Gasteiger partial charge is 0.255 e. The quantitative estimate of drug-likeness (QED) is 0.547. The molecule has 146 valence electrons. The van der Waals surface area contributed by atoms with Gasteiger partial charge in [-0.1, -0.05) is 12.1 Å². The topological polar surface area (TPSA) is 89.2 Å². The highest BCUT2D eigenvalue weighted by Gasteiger charge is 2.14. The van der Waals surface area contributed by atoms with Gasteiger partial charge in [0.1, 0.15) is 17.8 Å². The highest BCUT2D eigenvalue weighted by atomic mass is 16.3. The molecule has 0 spiro atoms. The molecule has 0 aliphatic heterocycles. The van der Waals surface area contributed by atoms with Crippen LogP contribution in [0.2, 0.25) is 0 Å². The zero-order valence-electron chi connectivity index (χ0n) is 16.1. The number of nitrogens with one attached hydrogen (secondary N) is 2. The second kappa shape index (κ2) is 7.63. The molecular formula is C22H20N4O3. The van der Waals surface area contributed by atoms with Crippen LogP contribution in [0.3, 0.4) is 0 Å². The first-order valence-corrected chi connectivity index (χ1v) is 9.19. The first-order valence-electron chi connectivity index (χ1n) is 9.19. The van der Waals surface area contributed by atoms with Gasteiger partial charge in [-0.3, -0.25) is 14.2 Å². The number of benzene rings is 2. The molecule has 29 heavy (non-hydrogen) atoms. The van der Waals surface area contributed by atoms with E-state index >= 15 is 0 Å². The Kier molecular flexibility index (Phi) is 4.87. The van der Waals surface area contributed by atoms with Gasteiger partial charge in [-0.2, -0.15) is 0 Å². The summed E-state index contributed by atoms with van der Waals surface area (Å²) in [5.74, 6) is 0.541. The summed E-state index contributed by atoms with van der Waals surface area (Å²) in [5.41, 5.74) is 3.95. The van der Waals surface area contributed by atoms with Crippen LogP contribution in [0.5, 0.6) is 0 Å². The standard InChI is InChI=1S/C22H20N4O3/c1-14-11-18(15(2)29-14)22(28)23-12-21(27)25-16-7-9-17(10-8-16)26-13-24-19-5-3-4-6-20(19)26/h3-11,13H,12H2,1-2H3,(H,23,28)(H,25,27). The number of anilines is 1. The number of carbonyl (C=O) groups is 2. The third-order valence-corrected chi connectivity index (χ3v) is 4.58. The molecule has 7 nitrogen and oxygen atoms in total. The molecule has 2 N–H and O–H groups in total. The molecule has 2 heterocycles. The Morgan fingerprint density at radius 1 is 1.07 bits per heavy atom.